The van der Waals surface area contributed by atoms with Crippen LogP contribution in [0.25, 0.3) is 16.8 Å². The Hall–Kier alpha value is -4.37. The zero-order valence-electron chi connectivity index (χ0n) is 26.2. The zero-order chi connectivity index (χ0) is 31.4. The quantitative estimate of drug-likeness (QED) is 0.205. The zero-order valence-corrected chi connectivity index (χ0v) is 27.0. The van der Waals surface area contributed by atoms with E-state index in [1.807, 2.05) is 67.6 Å². The lowest BCUT2D eigenvalue weighted by atomic mass is 9.90. The summed E-state index contributed by atoms with van der Waals surface area (Å²) in [6.45, 7) is 10.00. The Bertz CT molecular complexity index is 1900. The average Bonchev–Trinajstić information content (AvgIpc) is 3.35. The number of hydrogen-bond acceptors (Lipinski definition) is 8. The van der Waals surface area contributed by atoms with Gasteiger partial charge in [0, 0.05) is 36.0 Å². The van der Waals surface area contributed by atoms with Gasteiger partial charge in [0.1, 0.15) is 17.5 Å². The molecule has 8 nitrogen and oxygen atoms in total. The molecule has 0 amide bonds. The second kappa shape index (κ2) is 13.5. The van der Waals surface area contributed by atoms with Gasteiger partial charge < -0.3 is 19.1 Å². The van der Waals surface area contributed by atoms with Gasteiger partial charge >= 0.3 is 5.97 Å². The van der Waals surface area contributed by atoms with Crippen LogP contribution in [-0.2, 0) is 9.53 Å². The summed E-state index contributed by atoms with van der Waals surface area (Å²) < 4.78 is 19.4. The molecule has 230 valence electrons. The van der Waals surface area contributed by atoms with Crippen LogP contribution in [0.2, 0.25) is 0 Å². The van der Waals surface area contributed by atoms with Crippen LogP contribution in [0, 0.1) is 0 Å². The van der Waals surface area contributed by atoms with Gasteiger partial charge in [0.2, 0.25) is 0 Å². The molecule has 0 spiro atoms. The Balaban J connectivity index is 1.82. The van der Waals surface area contributed by atoms with Gasteiger partial charge in [-0.15, -0.1) is 0 Å². The Kier molecular flexibility index (Phi) is 9.54. The molecule has 9 heteroatoms. The molecule has 0 unspecified atom stereocenters. The van der Waals surface area contributed by atoms with Crippen molar-refractivity contribution in [3.8, 4) is 11.5 Å². The molecule has 1 aliphatic heterocycles. The molecular weight excluding hydrogens is 574 g/mol. The predicted octanol–water partition coefficient (Wildman–Crippen LogP) is 5.60. The molecule has 3 aromatic carbocycles. The minimum absolute atomic E-state index is 0.203. The van der Waals surface area contributed by atoms with E-state index in [0.717, 1.165) is 47.1 Å². The molecule has 1 atom stereocenters. The van der Waals surface area contributed by atoms with E-state index in [4.69, 9.17) is 19.2 Å². The van der Waals surface area contributed by atoms with Gasteiger partial charge in [-0.3, -0.25) is 9.36 Å². The van der Waals surface area contributed by atoms with Crippen molar-refractivity contribution in [3.63, 3.8) is 0 Å². The number of carbonyl (C=O) groups is 1. The molecule has 1 aliphatic rings. The van der Waals surface area contributed by atoms with E-state index >= 15 is 0 Å². The number of allylic oxidation sites excluding steroid dienone is 1. The lowest BCUT2D eigenvalue weighted by Gasteiger charge is -2.28. The van der Waals surface area contributed by atoms with Crippen molar-refractivity contribution in [3.05, 3.63) is 96.7 Å². The molecular formula is C35H39N3O5S. The smallest absolute Gasteiger partial charge is 0.338 e. The van der Waals surface area contributed by atoms with Crippen LogP contribution in [0.15, 0.2) is 75.7 Å². The number of rotatable bonds is 11. The SMILES string of the molecule is CCCC1=C(C(=O)OCC)[C@@H](c2c(OC)ccc3ccccc23)n2c(sc(=Cc3ccc(N(CC)CC)cc3OC)c2=O)=N1. The van der Waals surface area contributed by atoms with Gasteiger partial charge in [-0.1, -0.05) is 55.0 Å². The number of benzene rings is 3. The van der Waals surface area contributed by atoms with Crippen LogP contribution < -0.4 is 29.3 Å². The van der Waals surface area contributed by atoms with Crippen molar-refractivity contribution in [2.24, 2.45) is 4.99 Å². The van der Waals surface area contributed by atoms with Crippen molar-refractivity contribution in [2.75, 3.05) is 38.8 Å². The molecule has 0 saturated heterocycles. The highest BCUT2D eigenvalue weighted by atomic mass is 32.1. The summed E-state index contributed by atoms with van der Waals surface area (Å²) in [5.74, 6) is 0.769. The number of carbonyl (C=O) groups excluding carboxylic acids is 1. The van der Waals surface area contributed by atoms with Crippen molar-refractivity contribution < 1.29 is 19.0 Å². The highest BCUT2D eigenvalue weighted by Gasteiger charge is 2.37. The van der Waals surface area contributed by atoms with Crippen molar-refractivity contribution >= 4 is 39.8 Å². The minimum Gasteiger partial charge on any atom is -0.496 e. The van der Waals surface area contributed by atoms with E-state index < -0.39 is 12.0 Å². The third-order valence-electron chi connectivity index (χ3n) is 7.95. The lowest BCUT2D eigenvalue weighted by molar-refractivity contribution is -0.139. The minimum atomic E-state index is -0.790. The number of esters is 1. The Morgan fingerprint density at radius 2 is 1.75 bits per heavy atom. The first-order valence-corrected chi connectivity index (χ1v) is 15.9. The van der Waals surface area contributed by atoms with Gasteiger partial charge in [-0.25, -0.2) is 9.79 Å². The van der Waals surface area contributed by atoms with E-state index in [1.54, 1.807) is 25.7 Å². The number of nitrogens with zero attached hydrogens (tertiary/aromatic N) is 3. The summed E-state index contributed by atoms with van der Waals surface area (Å²) in [4.78, 5) is 35.8. The number of thiazole rings is 1. The Morgan fingerprint density at radius 3 is 2.43 bits per heavy atom. The van der Waals surface area contributed by atoms with Crippen LogP contribution in [0.4, 0.5) is 5.69 Å². The van der Waals surface area contributed by atoms with Gasteiger partial charge in [-0.2, -0.15) is 0 Å². The van der Waals surface area contributed by atoms with Gasteiger partial charge in [0.15, 0.2) is 4.80 Å². The molecule has 0 radical (unpaired) electrons. The molecule has 0 N–H and O–H groups in total. The monoisotopic (exact) mass is 613 g/mol. The Morgan fingerprint density at radius 1 is 1.00 bits per heavy atom. The Labute approximate surface area is 261 Å². The van der Waals surface area contributed by atoms with Crippen LogP contribution in [0.3, 0.4) is 0 Å². The maximum Gasteiger partial charge on any atom is 0.338 e. The fourth-order valence-corrected chi connectivity index (χ4v) is 6.89. The van der Waals surface area contributed by atoms with E-state index in [0.29, 0.717) is 38.5 Å². The number of ether oxygens (including phenoxy) is 3. The fourth-order valence-electron chi connectivity index (χ4n) is 5.88. The number of aromatic nitrogens is 1. The van der Waals surface area contributed by atoms with Crippen LogP contribution in [0.5, 0.6) is 11.5 Å². The number of anilines is 1. The molecule has 4 aromatic rings. The molecule has 0 bridgehead atoms. The molecule has 0 aliphatic carbocycles. The number of methoxy groups -OCH3 is 2. The van der Waals surface area contributed by atoms with Gasteiger partial charge in [0.05, 0.1) is 36.6 Å². The van der Waals surface area contributed by atoms with E-state index in [1.165, 1.54) is 11.3 Å². The molecule has 0 fully saturated rings. The third-order valence-corrected chi connectivity index (χ3v) is 8.93. The second-order valence-electron chi connectivity index (χ2n) is 10.4. The fraction of sp³-hybridized carbons (Fsp3) is 0.343. The highest BCUT2D eigenvalue weighted by molar-refractivity contribution is 7.07. The second-order valence-corrected chi connectivity index (χ2v) is 11.4. The van der Waals surface area contributed by atoms with E-state index in [2.05, 4.69) is 18.7 Å². The molecule has 2 heterocycles. The topological polar surface area (TPSA) is 82.4 Å². The number of hydrogen-bond donors (Lipinski definition) is 0. The van der Waals surface area contributed by atoms with Crippen LogP contribution in [-0.4, -0.2) is 44.5 Å². The van der Waals surface area contributed by atoms with Crippen molar-refractivity contribution in [2.45, 2.75) is 46.6 Å². The first-order chi connectivity index (χ1) is 21.4. The van der Waals surface area contributed by atoms with Crippen molar-refractivity contribution in [1.29, 1.82) is 0 Å². The number of fused-ring (bicyclic) bond motifs is 2. The average molecular weight is 614 g/mol. The van der Waals surface area contributed by atoms with Crippen LogP contribution in [0.1, 0.15) is 57.7 Å². The summed E-state index contributed by atoms with van der Waals surface area (Å²) in [6.07, 6.45) is 3.18. The summed E-state index contributed by atoms with van der Waals surface area (Å²) in [5, 5.41) is 1.86. The van der Waals surface area contributed by atoms with Crippen LogP contribution >= 0.6 is 11.3 Å². The standard InChI is InChI=1S/C35H39N3O5S/c1-7-13-26-31(34(40)43-10-4)32(30-25-15-12-11-14-22(25)17-19-27(30)41-5)38-33(39)29(44-35(38)36-26)20-23-16-18-24(21-28(23)42-6)37(8-2)9-3/h11-12,14-21,32H,7-10,13H2,1-6H3/t32-/m1/s1. The largest absolute Gasteiger partial charge is 0.496 e. The van der Waals surface area contributed by atoms with Gasteiger partial charge in [-0.05, 0) is 62.2 Å². The van der Waals surface area contributed by atoms with E-state index in [9.17, 15) is 9.59 Å². The molecule has 1 aromatic heterocycles. The van der Waals surface area contributed by atoms with Gasteiger partial charge in [0.25, 0.3) is 5.56 Å². The molecule has 44 heavy (non-hydrogen) atoms. The summed E-state index contributed by atoms with van der Waals surface area (Å²) in [6, 6.07) is 17.0. The molecule has 0 saturated carbocycles. The highest BCUT2D eigenvalue weighted by Crippen LogP contribution is 2.41. The summed E-state index contributed by atoms with van der Waals surface area (Å²) in [5.41, 5.74) is 3.30. The third kappa shape index (κ3) is 5.64. The summed E-state index contributed by atoms with van der Waals surface area (Å²) in [7, 11) is 3.24. The summed E-state index contributed by atoms with van der Waals surface area (Å²) >= 11 is 1.30. The normalized spacial score (nSPS) is 14.8. The maximum atomic E-state index is 14.4. The first kappa shape index (κ1) is 31.1. The first-order valence-electron chi connectivity index (χ1n) is 15.1. The van der Waals surface area contributed by atoms with E-state index in [-0.39, 0.29) is 12.2 Å². The lowest BCUT2D eigenvalue weighted by Crippen LogP contribution is -2.40. The van der Waals surface area contributed by atoms with Crippen molar-refractivity contribution in [1.82, 2.24) is 4.57 Å². The maximum absolute atomic E-state index is 14.4. The predicted molar refractivity (Wildman–Crippen MR) is 177 cm³/mol. The molecule has 5 rings (SSSR count).